The number of hydrogen-bond donors (Lipinski definition) is 0. The summed E-state index contributed by atoms with van der Waals surface area (Å²) >= 11 is 1.48. The quantitative estimate of drug-likeness (QED) is 0.724. The van der Waals surface area contributed by atoms with Crippen molar-refractivity contribution < 1.29 is 13.1 Å². The van der Waals surface area contributed by atoms with Gasteiger partial charge in [-0.1, -0.05) is 0 Å². The molecule has 4 rings (SSSR count). The van der Waals surface area contributed by atoms with E-state index in [1.54, 1.807) is 25.6 Å². The molecule has 0 aromatic carbocycles. The molecule has 0 amide bonds. The van der Waals surface area contributed by atoms with Gasteiger partial charge in [-0.2, -0.15) is 0 Å². The SMILES string of the molecule is CC1=CC(C)=[N+]2C1=C(c1cncs1)c1c(C)cc(C)n1[B-]2(F)F. The van der Waals surface area contributed by atoms with Gasteiger partial charge in [0.15, 0.2) is 5.70 Å². The van der Waals surface area contributed by atoms with Crippen molar-refractivity contribution in [2.75, 3.05) is 0 Å². The van der Waals surface area contributed by atoms with Gasteiger partial charge >= 0.3 is 6.97 Å². The minimum atomic E-state index is -3.89. The van der Waals surface area contributed by atoms with Crippen molar-refractivity contribution in [1.82, 2.24) is 9.46 Å². The Balaban J connectivity index is 2.20. The van der Waals surface area contributed by atoms with E-state index in [1.165, 1.54) is 20.3 Å². The van der Waals surface area contributed by atoms with Gasteiger partial charge in [-0.25, -0.2) is 0 Å². The van der Waals surface area contributed by atoms with E-state index in [0.717, 1.165) is 21.6 Å². The van der Waals surface area contributed by atoms with E-state index in [-0.39, 0.29) is 0 Å². The Bertz CT molecular complexity index is 933. The number of aryl methyl sites for hydroxylation is 2. The molecule has 2 aliphatic heterocycles. The molecule has 0 spiro atoms. The van der Waals surface area contributed by atoms with Gasteiger partial charge in [0.05, 0.1) is 16.0 Å². The van der Waals surface area contributed by atoms with Crippen LogP contribution in [0.5, 0.6) is 0 Å². The largest absolute Gasteiger partial charge is 0.737 e. The molecule has 4 heterocycles. The van der Waals surface area contributed by atoms with Crippen LogP contribution in [0.4, 0.5) is 8.63 Å². The predicted octanol–water partition coefficient (Wildman–Crippen LogP) is 3.99. The Morgan fingerprint density at radius 3 is 2.61 bits per heavy atom. The lowest BCUT2D eigenvalue weighted by atomic mass is 9.86. The van der Waals surface area contributed by atoms with Crippen LogP contribution < -0.4 is 0 Å². The van der Waals surface area contributed by atoms with Gasteiger partial charge in [0, 0.05) is 30.5 Å². The van der Waals surface area contributed by atoms with Crippen LogP contribution in [0.1, 0.15) is 35.7 Å². The van der Waals surface area contributed by atoms with Crippen molar-refractivity contribution in [3.63, 3.8) is 0 Å². The minimum absolute atomic E-state index is 0.584. The molecular formula is C16H16BF2N3S. The number of halogens is 2. The van der Waals surface area contributed by atoms with E-state index in [4.69, 9.17) is 0 Å². The summed E-state index contributed by atoms with van der Waals surface area (Å²) in [6, 6.07) is 1.84. The second-order valence-electron chi connectivity index (χ2n) is 6.20. The smallest absolute Gasteiger partial charge is 0.393 e. The molecule has 2 aromatic rings. The Morgan fingerprint density at radius 2 is 1.96 bits per heavy atom. The summed E-state index contributed by atoms with van der Waals surface area (Å²) in [7, 11) is 0. The van der Waals surface area contributed by atoms with Crippen molar-refractivity contribution in [2.45, 2.75) is 27.7 Å². The first-order valence-electron chi connectivity index (χ1n) is 7.50. The molecule has 0 N–H and O–H groups in total. The van der Waals surface area contributed by atoms with Crippen LogP contribution >= 0.6 is 11.3 Å². The van der Waals surface area contributed by atoms with E-state index in [1.807, 2.05) is 26.0 Å². The number of allylic oxidation sites excluding steroid dienone is 2. The van der Waals surface area contributed by atoms with Gasteiger partial charge in [-0.15, -0.1) is 11.3 Å². The first kappa shape index (κ1) is 14.6. The van der Waals surface area contributed by atoms with Crippen LogP contribution in [0.2, 0.25) is 0 Å². The Kier molecular flexibility index (Phi) is 2.85. The van der Waals surface area contributed by atoms with Crippen LogP contribution in [0.15, 0.2) is 35.1 Å². The zero-order valence-electron chi connectivity index (χ0n) is 13.4. The molecule has 0 bridgehead atoms. The lowest BCUT2D eigenvalue weighted by Crippen LogP contribution is -2.51. The lowest BCUT2D eigenvalue weighted by molar-refractivity contribution is -0.363. The topological polar surface area (TPSA) is 20.8 Å². The Morgan fingerprint density at radius 1 is 1.22 bits per heavy atom. The summed E-state index contributed by atoms with van der Waals surface area (Å²) in [4.78, 5) is 5.07. The summed E-state index contributed by atoms with van der Waals surface area (Å²) in [5.41, 5.74) is 6.74. The van der Waals surface area contributed by atoms with Crippen LogP contribution in [0, 0.1) is 13.8 Å². The van der Waals surface area contributed by atoms with Gasteiger partial charge < -0.3 is 17.6 Å². The van der Waals surface area contributed by atoms with Crippen molar-refractivity contribution >= 4 is 29.6 Å². The van der Waals surface area contributed by atoms with Crippen molar-refractivity contribution in [3.05, 3.63) is 56.9 Å². The number of thiazole rings is 1. The van der Waals surface area contributed by atoms with Crippen LogP contribution in [0.3, 0.4) is 0 Å². The molecule has 7 heteroatoms. The molecule has 23 heavy (non-hydrogen) atoms. The standard InChI is InChI=1S/C16H16BF2N3S/c1-9-5-11(3)21-15(9)14(13-7-20-8-23-13)16-10(2)6-12(4)22(16)17(21,18)19/h5-8H,1-4H3. The molecular weight excluding hydrogens is 315 g/mol. The third kappa shape index (κ3) is 1.74. The number of aromatic nitrogens is 2. The number of hydrogen-bond acceptors (Lipinski definition) is 2. The van der Waals surface area contributed by atoms with E-state index < -0.39 is 6.97 Å². The molecule has 118 valence electrons. The number of rotatable bonds is 1. The number of nitrogens with zero attached hydrogens (tertiary/aromatic N) is 3. The van der Waals surface area contributed by atoms with E-state index in [9.17, 15) is 0 Å². The first-order valence-corrected chi connectivity index (χ1v) is 8.38. The summed E-state index contributed by atoms with van der Waals surface area (Å²) in [6.45, 7) is 3.39. The molecule has 2 aromatic heterocycles. The Labute approximate surface area is 137 Å². The average molecular weight is 331 g/mol. The normalized spacial score (nSPS) is 19.1. The fraction of sp³-hybridized carbons (Fsp3) is 0.250. The molecule has 0 aliphatic carbocycles. The van der Waals surface area contributed by atoms with Crippen LogP contribution in [0.25, 0.3) is 5.57 Å². The molecule has 0 saturated carbocycles. The summed E-state index contributed by atoms with van der Waals surface area (Å²) in [5.74, 6) is 0. The molecule has 0 saturated heterocycles. The fourth-order valence-corrected chi connectivity index (χ4v) is 4.54. The number of fused-ring (bicyclic) bond motifs is 2. The van der Waals surface area contributed by atoms with E-state index >= 15 is 8.63 Å². The first-order chi connectivity index (χ1) is 10.8. The van der Waals surface area contributed by atoms with E-state index in [2.05, 4.69) is 4.98 Å². The lowest BCUT2D eigenvalue weighted by Gasteiger charge is -2.33. The summed E-state index contributed by atoms with van der Waals surface area (Å²) in [6.07, 6.45) is 3.60. The van der Waals surface area contributed by atoms with Gasteiger partial charge in [-0.3, -0.25) is 4.98 Å². The maximum atomic E-state index is 15.3. The van der Waals surface area contributed by atoms with Crippen molar-refractivity contribution in [2.24, 2.45) is 0 Å². The van der Waals surface area contributed by atoms with Gasteiger partial charge in [0.25, 0.3) is 0 Å². The zero-order valence-corrected chi connectivity index (χ0v) is 14.2. The average Bonchev–Trinajstić information content (AvgIpc) is 3.12. The van der Waals surface area contributed by atoms with E-state index in [0.29, 0.717) is 22.8 Å². The zero-order chi connectivity index (χ0) is 16.5. The molecule has 2 aliphatic rings. The van der Waals surface area contributed by atoms with Gasteiger partial charge in [0.1, 0.15) is 5.71 Å². The summed E-state index contributed by atoms with van der Waals surface area (Å²) < 4.78 is 33.1. The molecule has 0 fully saturated rings. The molecule has 3 nitrogen and oxygen atoms in total. The summed E-state index contributed by atoms with van der Waals surface area (Å²) in [5, 5.41) is 0. The van der Waals surface area contributed by atoms with Crippen molar-refractivity contribution in [3.8, 4) is 0 Å². The Hall–Kier alpha value is -2.02. The second kappa shape index (κ2) is 4.51. The highest BCUT2D eigenvalue weighted by molar-refractivity contribution is 7.10. The monoisotopic (exact) mass is 331 g/mol. The highest BCUT2D eigenvalue weighted by Crippen LogP contribution is 2.44. The second-order valence-corrected chi connectivity index (χ2v) is 7.09. The molecule has 0 unspecified atom stereocenters. The highest BCUT2D eigenvalue weighted by Gasteiger charge is 2.55. The predicted molar refractivity (Wildman–Crippen MR) is 90.1 cm³/mol. The molecule has 0 radical (unpaired) electrons. The third-order valence-electron chi connectivity index (χ3n) is 4.61. The minimum Gasteiger partial charge on any atom is -0.393 e. The maximum absolute atomic E-state index is 15.3. The maximum Gasteiger partial charge on any atom is 0.737 e. The van der Waals surface area contributed by atoms with Gasteiger partial charge in [0.2, 0.25) is 0 Å². The molecule has 0 atom stereocenters. The van der Waals surface area contributed by atoms with Gasteiger partial charge in [-0.05, 0) is 38.1 Å². The van der Waals surface area contributed by atoms with Crippen LogP contribution in [-0.2, 0) is 0 Å². The third-order valence-corrected chi connectivity index (χ3v) is 5.40. The van der Waals surface area contributed by atoms with Crippen LogP contribution in [-0.4, -0.2) is 26.6 Å². The highest BCUT2D eigenvalue weighted by atomic mass is 32.1. The fourth-order valence-electron chi connectivity index (χ4n) is 3.87. The van der Waals surface area contributed by atoms with Crippen molar-refractivity contribution in [1.29, 1.82) is 0 Å².